The van der Waals surface area contributed by atoms with Crippen molar-refractivity contribution >= 4 is 11.7 Å². The van der Waals surface area contributed by atoms with Gasteiger partial charge in [-0.15, -0.1) is 0 Å². The van der Waals surface area contributed by atoms with Crippen molar-refractivity contribution in [3.8, 4) is 0 Å². The molecule has 66 valence electrons. The summed E-state index contributed by atoms with van der Waals surface area (Å²) in [5.74, 6) is -0.125. The van der Waals surface area contributed by atoms with Gasteiger partial charge in [-0.05, 0) is 13.0 Å². The molecule has 0 aromatic carbocycles. The summed E-state index contributed by atoms with van der Waals surface area (Å²) >= 11 is 0. The van der Waals surface area contributed by atoms with Crippen LogP contribution < -0.4 is 5.32 Å². The summed E-state index contributed by atoms with van der Waals surface area (Å²) in [5.41, 5.74) is 1.38. The number of hydrogen-bond acceptors (Lipinski definition) is 2. The lowest BCUT2D eigenvalue weighted by molar-refractivity contribution is -0.117. The minimum absolute atomic E-state index is 0.0652. The number of ketones is 1. The highest BCUT2D eigenvalue weighted by molar-refractivity contribution is 6.03. The Morgan fingerprint density at radius 2 is 2.15 bits per heavy atom. The zero-order chi connectivity index (χ0) is 9.42. The Balaban J connectivity index is 2.40. The molecule has 0 bridgehead atoms. The predicted octanol–water partition coefficient (Wildman–Crippen LogP) is 0.702. The zero-order valence-corrected chi connectivity index (χ0v) is 7.20. The Labute approximate surface area is 75.8 Å². The molecule has 0 aromatic rings. The lowest BCUT2D eigenvalue weighted by Gasteiger charge is -2.22. The third-order valence-electron chi connectivity index (χ3n) is 2.17. The lowest BCUT2D eigenvalue weighted by Crippen LogP contribution is -2.32. The second kappa shape index (κ2) is 2.69. The van der Waals surface area contributed by atoms with E-state index in [9.17, 15) is 9.59 Å². The summed E-state index contributed by atoms with van der Waals surface area (Å²) in [6, 6.07) is 0. The standard InChI is InChI=1S/C10H9NO2/c1-6-4-7-2-3-8(12)5-9(7)11-10(6)13/h2-5,7H,1H3,(H,11,13). The molecule has 2 aliphatic rings. The number of allylic oxidation sites excluding steroid dienone is 3. The molecule has 2 rings (SSSR count). The average molecular weight is 175 g/mol. The molecule has 0 aromatic heterocycles. The second-order valence-corrected chi connectivity index (χ2v) is 3.19. The molecule has 1 unspecified atom stereocenters. The third kappa shape index (κ3) is 1.33. The summed E-state index contributed by atoms with van der Waals surface area (Å²) in [4.78, 5) is 22.2. The summed E-state index contributed by atoms with van der Waals surface area (Å²) < 4.78 is 0. The van der Waals surface area contributed by atoms with Crippen LogP contribution in [0.15, 0.2) is 35.6 Å². The molecule has 3 nitrogen and oxygen atoms in total. The van der Waals surface area contributed by atoms with Gasteiger partial charge >= 0.3 is 0 Å². The van der Waals surface area contributed by atoms with Gasteiger partial charge in [0.05, 0.1) is 0 Å². The first kappa shape index (κ1) is 7.98. The quantitative estimate of drug-likeness (QED) is 0.589. The Bertz CT molecular complexity index is 374. The average Bonchev–Trinajstić information content (AvgIpc) is 2.08. The van der Waals surface area contributed by atoms with E-state index in [0.717, 1.165) is 0 Å². The van der Waals surface area contributed by atoms with Gasteiger partial charge in [0.1, 0.15) is 0 Å². The van der Waals surface area contributed by atoms with Gasteiger partial charge in [-0.1, -0.05) is 12.2 Å². The molecule has 0 saturated carbocycles. The molecule has 1 aliphatic carbocycles. The van der Waals surface area contributed by atoms with Crippen molar-refractivity contribution in [2.45, 2.75) is 6.92 Å². The first-order valence-corrected chi connectivity index (χ1v) is 4.10. The number of hydrogen-bond donors (Lipinski definition) is 1. The molecule has 1 aliphatic heterocycles. The van der Waals surface area contributed by atoms with Crippen LogP contribution in [0.25, 0.3) is 0 Å². The van der Waals surface area contributed by atoms with Crippen molar-refractivity contribution in [3.63, 3.8) is 0 Å². The predicted molar refractivity (Wildman–Crippen MR) is 47.6 cm³/mol. The van der Waals surface area contributed by atoms with Gasteiger partial charge in [0.15, 0.2) is 5.78 Å². The molecule has 3 heteroatoms. The van der Waals surface area contributed by atoms with Crippen molar-refractivity contribution in [1.29, 1.82) is 0 Å². The van der Waals surface area contributed by atoms with E-state index in [1.807, 2.05) is 6.08 Å². The lowest BCUT2D eigenvalue weighted by atomic mass is 9.93. The van der Waals surface area contributed by atoms with E-state index in [0.29, 0.717) is 11.3 Å². The topological polar surface area (TPSA) is 46.2 Å². The Hall–Kier alpha value is -1.64. The number of carbonyl (C=O) groups is 2. The fourth-order valence-corrected chi connectivity index (χ4v) is 1.44. The highest BCUT2D eigenvalue weighted by Crippen LogP contribution is 2.22. The largest absolute Gasteiger partial charge is 0.325 e. The smallest absolute Gasteiger partial charge is 0.250 e. The van der Waals surface area contributed by atoms with E-state index < -0.39 is 0 Å². The maximum Gasteiger partial charge on any atom is 0.250 e. The van der Waals surface area contributed by atoms with Crippen LogP contribution >= 0.6 is 0 Å². The van der Waals surface area contributed by atoms with Crippen LogP contribution in [0.1, 0.15) is 6.92 Å². The highest BCUT2D eigenvalue weighted by atomic mass is 16.2. The monoisotopic (exact) mass is 175 g/mol. The summed E-state index contributed by atoms with van der Waals surface area (Å²) in [7, 11) is 0. The zero-order valence-electron chi connectivity index (χ0n) is 7.20. The number of rotatable bonds is 0. The van der Waals surface area contributed by atoms with Crippen molar-refractivity contribution in [3.05, 3.63) is 35.6 Å². The Morgan fingerprint density at radius 1 is 1.38 bits per heavy atom. The van der Waals surface area contributed by atoms with Gasteiger partial charge in [0.2, 0.25) is 0 Å². The molecule has 1 N–H and O–H groups in total. The summed E-state index contributed by atoms with van der Waals surface area (Å²) in [6.07, 6.45) is 6.63. The summed E-state index contributed by atoms with van der Waals surface area (Å²) in [6.45, 7) is 1.76. The van der Waals surface area contributed by atoms with Crippen LogP contribution in [0.2, 0.25) is 0 Å². The minimum atomic E-state index is -0.120. The molecular weight excluding hydrogens is 166 g/mol. The van der Waals surface area contributed by atoms with Crippen LogP contribution in [0.3, 0.4) is 0 Å². The maximum absolute atomic E-state index is 11.2. The Morgan fingerprint density at radius 3 is 2.92 bits per heavy atom. The maximum atomic E-state index is 11.2. The van der Waals surface area contributed by atoms with Gasteiger partial charge in [-0.2, -0.15) is 0 Å². The first-order valence-electron chi connectivity index (χ1n) is 4.10. The van der Waals surface area contributed by atoms with Crippen molar-refractivity contribution in [1.82, 2.24) is 5.32 Å². The minimum Gasteiger partial charge on any atom is -0.325 e. The van der Waals surface area contributed by atoms with Gasteiger partial charge < -0.3 is 5.32 Å². The van der Waals surface area contributed by atoms with Crippen LogP contribution in [0.5, 0.6) is 0 Å². The van der Waals surface area contributed by atoms with Gasteiger partial charge in [0, 0.05) is 23.3 Å². The molecule has 0 saturated heterocycles. The van der Waals surface area contributed by atoms with Crippen LogP contribution in [-0.4, -0.2) is 11.7 Å². The van der Waals surface area contributed by atoms with Crippen LogP contribution in [0.4, 0.5) is 0 Å². The SMILES string of the molecule is CC1=CC2C=CC(=O)C=C2NC1=O. The van der Waals surface area contributed by atoms with E-state index in [1.165, 1.54) is 12.2 Å². The van der Waals surface area contributed by atoms with Gasteiger partial charge in [-0.25, -0.2) is 0 Å². The third-order valence-corrected chi connectivity index (χ3v) is 2.17. The van der Waals surface area contributed by atoms with Crippen molar-refractivity contribution < 1.29 is 9.59 Å². The normalized spacial score (nSPS) is 26.1. The molecule has 13 heavy (non-hydrogen) atoms. The van der Waals surface area contributed by atoms with Crippen molar-refractivity contribution in [2.75, 3.05) is 0 Å². The second-order valence-electron chi connectivity index (χ2n) is 3.19. The fraction of sp³-hybridized carbons (Fsp3) is 0.200. The van der Waals surface area contributed by atoms with E-state index in [1.54, 1.807) is 13.0 Å². The molecule has 0 fully saturated rings. The van der Waals surface area contributed by atoms with Gasteiger partial charge in [0.25, 0.3) is 5.91 Å². The van der Waals surface area contributed by atoms with Crippen LogP contribution in [0, 0.1) is 5.92 Å². The summed E-state index contributed by atoms with van der Waals surface area (Å²) in [5, 5.41) is 2.68. The van der Waals surface area contributed by atoms with E-state index in [2.05, 4.69) is 5.32 Å². The number of carbonyl (C=O) groups excluding carboxylic acids is 2. The number of fused-ring (bicyclic) bond motifs is 1. The van der Waals surface area contributed by atoms with Crippen molar-refractivity contribution in [2.24, 2.45) is 5.92 Å². The van der Waals surface area contributed by atoms with E-state index in [-0.39, 0.29) is 17.6 Å². The van der Waals surface area contributed by atoms with E-state index in [4.69, 9.17) is 0 Å². The number of nitrogens with one attached hydrogen (secondary N) is 1. The highest BCUT2D eigenvalue weighted by Gasteiger charge is 2.22. The molecular formula is C10H9NO2. The molecule has 1 heterocycles. The molecule has 0 radical (unpaired) electrons. The number of amides is 1. The Kier molecular flexibility index (Phi) is 1.65. The van der Waals surface area contributed by atoms with E-state index >= 15 is 0 Å². The fourth-order valence-electron chi connectivity index (χ4n) is 1.44. The molecule has 1 atom stereocenters. The van der Waals surface area contributed by atoms with Crippen LogP contribution in [-0.2, 0) is 9.59 Å². The first-order chi connectivity index (χ1) is 6.16. The van der Waals surface area contributed by atoms with Gasteiger partial charge in [-0.3, -0.25) is 9.59 Å². The molecule has 0 spiro atoms. The molecule has 1 amide bonds.